The van der Waals surface area contributed by atoms with E-state index >= 15 is 0 Å². The molecule has 1 atom stereocenters. The van der Waals surface area contributed by atoms with Crippen LogP contribution in [-0.4, -0.2) is 20.3 Å². The lowest BCUT2D eigenvalue weighted by Gasteiger charge is -2.22. The summed E-state index contributed by atoms with van der Waals surface area (Å²) in [7, 11) is 1.61. The van der Waals surface area contributed by atoms with E-state index in [9.17, 15) is 0 Å². The number of nitrogens with two attached hydrogens (primary N) is 1. The Labute approximate surface area is 88.9 Å². The summed E-state index contributed by atoms with van der Waals surface area (Å²) in [6.45, 7) is 3.05. The summed E-state index contributed by atoms with van der Waals surface area (Å²) in [5, 5.41) is 0. The third-order valence-electron chi connectivity index (χ3n) is 2.38. The first-order chi connectivity index (χ1) is 7.22. The number of fused-ring (bicyclic) bond motifs is 1. The van der Waals surface area contributed by atoms with Crippen LogP contribution >= 0.6 is 0 Å². The molecule has 0 radical (unpaired) electrons. The standard InChI is InChI=1S/C11H15NO3/c1-7(12)8-5-9(13-2)11-10(6-8)14-3-4-15-11/h5-7H,3-4,12H2,1-2H3/t7-/m1/s1. The van der Waals surface area contributed by atoms with E-state index in [-0.39, 0.29) is 6.04 Å². The van der Waals surface area contributed by atoms with Gasteiger partial charge in [-0.15, -0.1) is 0 Å². The van der Waals surface area contributed by atoms with Gasteiger partial charge in [-0.25, -0.2) is 0 Å². The lowest BCUT2D eigenvalue weighted by Crippen LogP contribution is -2.17. The fourth-order valence-electron chi connectivity index (χ4n) is 1.56. The van der Waals surface area contributed by atoms with Crippen molar-refractivity contribution >= 4 is 0 Å². The van der Waals surface area contributed by atoms with Gasteiger partial charge in [0.2, 0.25) is 5.75 Å². The van der Waals surface area contributed by atoms with Crippen molar-refractivity contribution in [3.8, 4) is 17.2 Å². The molecular weight excluding hydrogens is 194 g/mol. The molecule has 0 aliphatic carbocycles. The summed E-state index contributed by atoms with van der Waals surface area (Å²) >= 11 is 0. The summed E-state index contributed by atoms with van der Waals surface area (Å²) in [5.41, 5.74) is 6.80. The van der Waals surface area contributed by atoms with Crippen LogP contribution in [0.3, 0.4) is 0 Å². The first-order valence-corrected chi connectivity index (χ1v) is 4.95. The van der Waals surface area contributed by atoms with E-state index in [0.29, 0.717) is 30.5 Å². The fraction of sp³-hybridized carbons (Fsp3) is 0.455. The van der Waals surface area contributed by atoms with E-state index < -0.39 is 0 Å². The van der Waals surface area contributed by atoms with Crippen molar-refractivity contribution in [2.45, 2.75) is 13.0 Å². The largest absolute Gasteiger partial charge is 0.493 e. The Kier molecular flexibility index (Phi) is 2.68. The maximum absolute atomic E-state index is 5.82. The van der Waals surface area contributed by atoms with Crippen LogP contribution < -0.4 is 19.9 Å². The van der Waals surface area contributed by atoms with Gasteiger partial charge in [0, 0.05) is 6.04 Å². The fourth-order valence-corrected chi connectivity index (χ4v) is 1.56. The predicted octanol–water partition coefficient (Wildman–Crippen LogP) is 1.49. The normalized spacial score (nSPS) is 15.9. The summed E-state index contributed by atoms with van der Waals surface area (Å²) in [6.07, 6.45) is 0. The number of hydrogen-bond acceptors (Lipinski definition) is 4. The topological polar surface area (TPSA) is 53.7 Å². The molecule has 4 nitrogen and oxygen atoms in total. The van der Waals surface area contributed by atoms with Crippen LogP contribution in [0.4, 0.5) is 0 Å². The Hall–Kier alpha value is -1.42. The molecule has 0 unspecified atom stereocenters. The molecule has 0 bridgehead atoms. The highest BCUT2D eigenvalue weighted by molar-refractivity contribution is 5.54. The molecule has 1 aromatic carbocycles. The average Bonchev–Trinajstić information content (AvgIpc) is 2.27. The Balaban J connectivity index is 2.48. The summed E-state index contributed by atoms with van der Waals surface area (Å²) < 4.78 is 16.2. The van der Waals surface area contributed by atoms with E-state index in [2.05, 4.69) is 0 Å². The molecule has 0 fully saturated rings. The monoisotopic (exact) mass is 209 g/mol. The van der Waals surface area contributed by atoms with Crippen molar-refractivity contribution in [2.24, 2.45) is 5.73 Å². The van der Waals surface area contributed by atoms with Gasteiger partial charge in [-0.1, -0.05) is 0 Å². The Bertz CT molecular complexity index is 346. The first-order valence-electron chi connectivity index (χ1n) is 4.95. The third-order valence-corrected chi connectivity index (χ3v) is 2.38. The van der Waals surface area contributed by atoms with Gasteiger partial charge in [-0.05, 0) is 24.6 Å². The molecule has 15 heavy (non-hydrogen) atoms. The smallest absolute Gasteiger partial charge is 0.203 e. The van der Waals surface area contributed by atoms with E-state index in [4.69, 9.17) is 19.9 Å². The molecule has 0 saturated heterocycles. The molecule has 0 spiro atoms. The van der Waals surface area contributed by atoms with Gasteiger partial charge in [0.25, 0.3) is 0 Å². The van der Waals surface area contributed by atoms with Gasteiger partial charge in [0.1, 0.15) is 13.2 Å². The second-order valence-electron chi connectivity index (χ2n) is 3.54. The van der Waals surface area contributed by atoms with Crippen molar-refractivity contribution in [3.05, 3.63) is 17.7 Å². The zero-order valence-corrected chi connectivity index (χ0v) is 8.95. The lowest BCUT2D eigenvalue weighted by atomic mass is 10.1. The van der Waals surface area contributed by atoms with Gasteiger partial charge >= 0.3 is 0 Å². The number of rotatable bonds is 2. The van der Waals surface area contributed by atoms with Crippen LogP contribution in [0.2, 0.25) is 0 Å². The van der Waals surface area contributed by atoms with Crippen LogP contribution in [0.25, 0.3) is 0 Å². The van der Waals surface area contributed by atoms with Gasteiger partial charge in [0.15, 0.2) is 11.5 Å². The molecule has 1 aromatic rings. The van der Waals surface area contributed by atoms with E-state index in [1.807, 2.05) is 19.1 Å². The lowest BCUT2D eigenvalue weighted by molar-refractivity contribution is 0.165. The highest BCUT2D eigenvalue weighted by Gasteiger charge is 2.19. The van der Waals surface area contributed by atoms with Crippen LogP contribution in [0.15, 0.2) is 12.1 Å². The van der Waals surface area contributed by atoms with Crippen LogP contribution in [-0.2, 0) is 0 Å². The van der Waals surface area contributed by atoms with Gasteiger partial charge in [0.05, 0.1) is 7.11 Å². The van der Waals surface area contributed by atoms with Gasteiger partial charge in [-0.3, -0.25) is 0 Å². The van der Waals surface area contributed by atoms with Gasteiger partial charge in [-0.2, -0.15) is 0 Å². The molecule has 2 rings (SSSR count). The molecule has 0 amide bonds. The first kappa shape index (κ1) is 10.1. The number of hydrogen-bond donors (Lipinski definition) is 1. The average molecular weight is 209 g/mol. The van der Waals surface area contributed by atoms with E-state index in [0.717, 1.165) is 5.56 Å². The molecular formula is C11H15NO3. The molecule has 1 aliphatic rings. The number of ether oxygens (including phenoxy) is 3. The molecule has 0 saturated carbocycles. The second kappa shape index (κ2) is 3.98. The minimum Gasteiger partial charge on any atom is -0.493 e. The summed E-state index contributed by atoms with van der Waals surface area (Å²) in [4.78, 5) is 0. The minimum absolute atomic E-state index is 0.0465. The molecule has 82 valence electrons. The molecule has 1 heterocycles. The van der Waals surface area contributed by atoms with E-state index in [1.165, 1.54) is 0 Å². The molecule has 2 N–H and O–H groups in total. The quantitative estimate of drug-likeness (QED) is 0.801. The van der Waals surface area contributed by atoms with Crippen molar-refractivity contribution in [1.29, 1.82) is 0 Å². The Morgan fingerprint density at radius 2 is 2.07 bits per heavy atom. The van der Waals surface area contributed by atoms with Crippen molar-refractivity contribution < 1.29 is 14.2 Å². The Morgan fingerprint density at radius 1 is 1.33 bits per heavy atom. The van der Waals surface area contributed by atoms with Crippen molar-refractivity contribution in [2.75, 3.05) is 20.3 Å². The zero-order valence-electron chi connectivity index (χ0n) is 8.95. The SMILES string of the molecule is COc1cc([C@@H](C)N)cc2c1OCCO2. The highest BCUT2D eigenvalue weighted by atomic mass is 16.6. The van der Waals surface area contributed by atoms with Crippen LogP contribution in [0, 0.1) is 0 Å². The molecule has 0 aromatic heterocycles. The summed E-state index contributed by atoms with van der Waals surface area (Å²) in [6, 6.07) is 3.74. The second-order valence-corrected chi connectivity index (χ2v) is 3.54. The minimum atomic E-state index is -0.0465. The number of methoxy groups -OCH3 is 1. The Morgan fingerprint density at radius 3 is 2.73 bits per heavy atom. The predicted molar refractivity (Wildman–Crippen MR) is 56.6 cm³/mol. The number of benzene rings is 1. The highest BCUT2D eigenvalue weighted by Crippen LogP contribution is 2.41. The maximum Gasteiger partial charge on any atom is 0.203 e. The van der Waals surface area contributed by atoms with Crippen molar-refractivity contribution in [1.82, 2.24) is 0 Å². The zero-order chi connectivity index (χ0) is 10.8. The molecule has 4 heteroatoms. The van der Waals surface area contributed by atoms with Crippen LogP contribution in [0.1, 0.15) is 18.5 Å². The van der Waals surface area contributed by atoms with E-state index in [1.54, 1.807) is 7.11 Å². The molecule has 1 aliphatic heterocycles. The van der Waals surface area contributed by atoms with Gasteiger partial charge < -0.3 is 19.9 Å². The summed E-state index contributed by atoms with van der Waals surface area (Å²) in [5.74, 6) is 2.07. The van der Waals surface area contributed by atoms with Crippen molar-refractivity contribution in [3.63, 3.8) is 0 Å². The third kappa shape index (κ3) is 1.85. The van der Waals surface area contributed by atoms with Crippen LogP contribution in [0.5, 0.6) is 17.2 Å². The maximum atomic E-state index is 5.82.